The van der Waals surface area contributed by atoms with Gasteiger partial charge in [-0.2, -0.15) is 0 Å². The van der Waals surface area contributed by atoms with Gasteiger partial charge in [0.15, 0.2) is 0 Å². The lowest BCUT2D eigenvalue weighted by molar-refractivity contribution is 0.448. The zero-order valence-electron chi connectivity index (χ0n) is 13.2. The molecule has 0 atom stereocenters. The number of hydrogen-bond acceptors (Lipinski definition) is 2. The number of anilines is 1. The third-order valence-corrected chi connectivity index (χ3v) is 4.01. The highest BCUT2D eigenvalue weighted by Gasteiger charge is 2.06. The van der Waals surface area contributed by atoms with Gasteiger partial charge in [0.1, 0.15) is 0 Å². The molecular weight excluding hydrogens is 280 g/mol. The Morgan fingerprint density at radius 2 is 1.52 bits per heavy atom. The molecule has 0 saturated carbocycles. The van der Waals surface area contributed by atoms with Crippen molar-refractivity contribution in [3.8, 4) is 0 Å². The standard InChI is InChI=1S/2C10H11N.CH4/c1-11-8-4-6-9-5-2-3-7-10(9)11;1-11-7-6-9-4-2-3-5-10(9)8-11;/h2*2-7H,8H2,1H3;1H4. The summed E-state index contributed by atoms with van der Waals surface area (Å²) in [6.45, 7) is 2.06. The molecule has 4 rings (SSSR count). The molecule has 0 saturated heterocycles. The average Bonchev–Trinajstić information content (AvgIpc) is 2.56. The third-order valence-electron chi connectivity index (χ3n) is 4.01. The monoisotopic (exact) mass is 306 g/mol. The first-order valence-electron chi connectivity index (χ1n) is 7.67. The second kappa shape index (κ2) is 7.68. The topological polar surface area (TPSA) is 6.48 Å². The van der Waals surface area contributed by atoms with Crippen LogP contribution in [0.15, 0.2) is 60.8 Å². The molecule has 0 N–H and O–H groups in total. The van der Waals surface area contributed by atoms with Crippen molar-refractivity contribution in [1.29, 1.82) is 0 Å². The molecule has 0 amide bonds. The maximum atomic E-state index is 2.25. The van der Waals surface area contributed by atoms with Crippen LogP contribution in [0.4, 0.5) is 5.69 Å². The lowest BCUT2D eigenvalue weighted by Crippen LogP contribution is -2.19. The van der Waals surface area contributed by atoms with Crippen molar-refractivity contribution in [2.45, 2.75) is 14.0 Å². The molecule has 2 aliphatic heterocycles. The molecule has 0 aliphatic carbocycles. The van der Waals surface area contributed by atoms with Gasteiger partial charge in [-0.05, 0) is 35.0 Å². The average molecular weight is 306 g/mol. The van der Waals surface area contributed by atoms with Gasteiger partial charge in [-0.25, -0.2) is 0 Å². The predicted octanol–water partition coefficient (Wildman–Crippen LogP) is 4.89. The van der Waals surface area contributed by atoms with Crippen LogP contribution in [0.25, 0.3) is 12.2 Å². The minimum absolute atomic E-state index is 0. The summed E-state index contributed by atoms with van der Waals surface area (Å²) in [5, 5.41) is 0. The van der Waals surface area contributed by atoms with Crippen LogP contribution >= 0.6 is 0 Å². The highest BCUT2D eigenvalue weighted by Crippen LogP contribution is 2.23. The number of likely N-dealkylation sites (N-methyl/N-ethyl adjacent to an activating group) is 1. The largest absolute Gasteiger partial charge is 0.376 e. The van der Waals surface area contributed by atoms with E-state index in [9.17, 15) is 0 Å². The van der Waals surface area contributed by atoms with E-state index in [1.165, 1.54) is 22.4 Å². The van der Waals surface area contributed by atoms with Gasteiger partial charge in [-0.1, -0.05) is 62.0 Å². The first kappa shape index (κ1) is 16.9. The smallest absolute Gasteiger partial charge is 0.0439 e. The zero-order chi connectivity index (χ0) is 15.4. The van der Waals surface area contributed by atoms with Gasteiger partial charge in [-0.15, -0.1) is 0 Å². The minimum Gasteiger partial charge on any atom is -0.376 e. The molecular formula is C21H26N2. The zero-order valence-corrected chi connectivity index (χ0v) is 13.2. The van der Waals surface area contributed by atoms with Gasteiger partial charge in [0, 0.05) is 32.9 Å². The summed E-state index contributed by atoms with van der Waals surface area (Å²) in [5.74, 6) is 0. The summed E-state index contributed by atoms with van der Waals surface area (Å²) in [7, 11) is 4.20. The van der Waals surface area contributed by atoms with Gasteiger partial charge in [0.25, 0.3) is 0 Å². The second-order valence-corrected chi connectivity index (χ2v) is 5.77. The Morgan fingerprint density at radius 1 is 0.826 bits per heavy atom. The molecule has 0 spiro atoms. The molecule has 2 heterocycles. The van der Waals surface area contributed by atoms with E-state index in [0.29, 0.717) is 0 Å². The SMILES string of the molecule is C.CN1C=Cc2ccccc2C1.CN1CC=Cc2ccccc21. The van der Waals surface area contributed by atoms with Gasteiger partial charge in [0.05, 0.1) is 0 Å². The minimum atomic E-state index is 0. The van der Waals surface area contributed by atoms with Crippen LogP contribution in [0.5, 0.6) is 0 Å². The number of hydrogen-bond donors (Lipinski definition) is 0. The summed E-state index contributed by atoms with van der Waals surface area (Å²) in [6, 6.07) is 16.9. The number of benzene rings is 2. The predicted molar refractivity (Wildman–Crippen MR) is 102 cm³/mol. The van der Waals surface area contributed by atoms with E-state index in [1.54, 1.807) is 0 Å². The van der Waals surface area contributed by atoms with Crippen molar-refractivity contribution in [1.82, 2.24) is 4.90 Å². The lowest BCUT2D eigenvalue weighted by atomic mass is 10.1. The maximum absolute atomic E-state index is 2.25. The Labute approximate surface area is 140 Å². The lowest BCUT2D eigenvalue weighted by Gasteiger charge is -2.22. The van der Waals surface area contributed by atoms with E-state index in [-0.39, 0.29) is 7.43 Å². The van der Waals surface area contributed by atoms with Crippen LogP contribution in [0.1, 0.15) is 24.1 Å². The Hall–Kier alpha value is -2.48. The number of rotatable bonds is 0. The number of nitrogens with zero attached hydrogens (tertiary/aromatic N) is 2. The molecule has 0 bridgehead atoms. The summed E-state index contributed by atoms with van der Waals surface area (Å²) >= 11 is 0. The van der Waals surface area contributed by atoms with Crippen LogP contribution in [-0.4, -0.2) is 25.5 Å². The maximum Gasteiger partial charge on any atom is 0.0439 e. The fourth-order valence-corrected chi connectivity index (χ4v) is 2.78. The van der Waals surface area contributed by atoms with E-state index < -0.39 is 0 Å². The number of fused-ring (bicyclic) bond motifs is 2. The van der Waals surface area contributed by atoms with Crippen molar-refractivity contribution < 1.29 is 0 Å². The first-order chi connectivity index (χ1) is 10.7. The van der Waals surface area contributed by atoms with E-state index in [4.69, 9.17) is 0 Å². The van der Waals surface area contributed by atoms with Crippen LogP contribution in [0, 0.1) is 0 Å². The Bertz CT molecular complexity index is 700. The molecule has 23 heavy (non-hydrogen) atoms. The van der Waals surface area contributed by atoms with Crippen molar-refractivity contribution in [2.24, 2.45) is 0 Å². The highest BCUT2D eigenvalue weighted by atomic mass is 15.1. The van der Waals surface area contributed by atoms with Crippen LogP contribution in [0.3, 0.4) is 0 Å². The summed E-state index contributed by atoms with van der Waals surface area (Å²) in [6.07, 6.45) is 8.62. The van der Waals surface area contributed by atoms with Gasteiger partial charge in [-0.3, -0.25) is 0 Å². The van der Waals surface area contributed by atoms with Gasteiger partial charge in [0.2, 0.25) is 0 Å². The second-order valence-electron chi connectivity index (χ2n) is 5.77. The third kappa shape index (κ3) is 4.04. The fourth-order valence-electron chi connectivity index (χ4n) is 2.78. The van der Waals surface area contributed by atoms with Crippen LogP contribution < -0.4 is 4.90 Å². The summed E-state index contributed by atoms with van der Waals surface area (Å²) in [5.41, 5.74) is 5.42. The summed E-state index contributed by atoms with van der Waals surface area (Å²) < 4.78 is 0. The molecule has 0 fully saturated rings. The van der Waals surface area contributed by atoms with E-state index >= 15 is 0 Å². The van der Waals surface area contributed by atoms with Crippen molar-refractivity contribution in [2.75, 3.05) is 25.5 Å². The molecule has 0 unspecified atom stereocenters. The van der Waals surface area contributed by atoms with E-state index in [0.717, 1.165) is 13.1 Å². The quantitative estimate of drug-likeness (QED) is 0.684. The van der Waals surface area contributed by atoms with Crippen molar-refractivity contribution in [3.05, 3.63) is 77.5 Å². The van der Waals surface area contributed by atoms with Crippen molar-refractivity contribution in [3.63, 3.8) is 0 Å². The Balaban J connectivity index is 0.000000160. The molecule has 2 nitrogen and oxygen atoms in total. The Morgan fingerprint density at radius 3 is 2.30 bits per heavy atom. The van der Waals surface area contributed by atoms with Crippen molar-refractivity contribution >= 4 is 17.8 Å². The first-order valence-corrected chi connectivity index (χ1v) is 7.67. The van der Waals surface area contributed by atoms with Gasteiger partial charge >= 0.3 is 0 Å². The van der Waals surface area contributed by atoms with Crippen LogP contribution in [-0.2, 0) is 6.54 Å². The summed E-state index contributed by atoms with van der Waals surface area (Å²) in [4.78, 5) is 4.43. The van der Waals surface area contributed by atoms with Gasteiger partial charge < -0.3 is 9.80 Å². The number of para-hydroxylation sites is 1. The molecule has 2 aromatic carbocycles. The van der Waals surface area contributed by atoms with E-state index in [1.807, 2.05) is 0 Å². The molecule has 2 aromatic rings. The normalized spacial score (nSPS) is 14.2. The fraction of sp³-hybridized carbons (Fsp3) is 0.238. The molecule has 120 valence electrons. The molecule has 2 aliphatic rings. The van der Waals surface area contributed by atoms with E-state index in [2.05, 4.69) is 96.9 Å². The molecule has 2 heteroatoms. The highest BCUT2D eigenvalue weighted by molar-refractivity contribution is 5.70. The van der Waals surface area contributed by atoms with Crippen LogP contribution in [0.2, 0.25) is 0 Å². The Kier molecular flexibility index (Phi) is 5.64. The molecule has 0 radical (unpaired) electrons. The molecule has 0 aromatic heterocycles.